The molecule has 0 aliphatic carbocycles. The monoisotopic (exact) mass is 215 g/mol. The molecule has 0 unspecified atom stereocenters. The van der Waals surface area contributed by atoms with Crippen LogP contribution in [-0.2, 0) is 4.79 Å². The van der Waals surface area contributed by atoms with Crippen molar-refractivity contribution in [2.45, 2.75) is 77.5 Å². The van der Waals surface area contributed by atoms with Crippen molar-refractivity contribution in [2.75, 3.05) is 0 Å². The first-order chi connectivity index (χ1) is 7.66. The minimum absolute atomic E-state index is 0.124. The van der Waals surface area contributed by atoms with E-state index in [0.29, 0.717) is 6.42 Å². The zero-order valence-corrected chi connectivity index (χ0v) is 10.0. The second-order valence-electron chi connectivity index (χ2n) is 4.13. The molecular formula is C13H26O2. The standard InChI is InChI=1S/C13H26O2/c1-2-3-4-5-6-7-8-9-10-11-12-13(14)15/h2-12H2,1H3,(H,14,15)/i5D/t5-/m1/s1. The van der Waals surface area contributed by atoms with E-state index in [0.717, 1.165) is 44.9 Å². The van der Waals surface area contributed by atoms with Gasteiger partial charge in [0.1, 0.15) is 0 Å². The van der Waals surface area contributed by atoms with Gasteiger partial charge >= 0.3 is 5.97 Å². The topological polar surface area (TPSA) is 37.3 Å². The Morgan fingerprint density at radius 1 is 1.00 bits per heavy atom. The predicted octanol–water partition coefficient (Wildman–Crippen LogP) is 4.38. The molecule has 0 amide bonds. The number of carboxylic acids is 1. The Bertz CT molecular complexity index is 171. The highest BCUT2D eigenvalue weighted by Gasteiger charge is 1.96. The van der Waals surface area contributed by atoms with E-state index in [4.69, 9.17) is 6.48 Å². The van der Waals surface area contributed by atoms with Gasteiger partial charge in [-0.05, 0) is 6.42 Å². The van der Waals surface area contributed by atoms with Crippen LogP contribution in [0.4, 0.5) is 0 Å². The third kappa shape index (κ3) is 13.5. The van der Waals surface area contributed by atoms with Gasteiger partial charge in [-0.15, -0.1) is 0 Å². The summed E-state index contributed by atoms with van der Waals surface area (Å²) in [5.74, 6) is -0.689. The van der Waals surface area contributed by atoms with Crippen molar-refractivity contribution in [2.24, 2.45) is 0 Å². The van der Waals surface area contributed by atoms with E-state index in [2.05, 4.69) is 6.92 Å². The Hall–Kier alpha value is -0.530. The number of carboxylic acid groups (broad SMARTS) is 1. The van der Waals surface area contributed by atoms with Gasteiger partial charge < -0.3 is 5.11 Å². The lowest BCUT2D eigenvalue weighted by molar-refractivity contribution is -0.137. The van der Waals surface area contributed by atoms with E-state index in [1.165, 1.54) is 12.8 Å². The highest BCUT2D eigenvalue weighted by molar-refractivity contribution is 5.66. The Kier molecular flexibility index (Phi) is 9.65. The van der Waals surface area contributed by atoms with Gasteiger partial charge in [0.05, 0.1) is 0 Å². The maximum Gasteiger partial charge on any atom is 0.303 e. The highest BCUT2D eigenvalue weighted by atomic mass is 16.4. The van der Waals surface area contributed by atoms with Crippen LogP contribution >= 0.6 is 0 Å². The predicted molar refractivity (Wildman–Crippen MR) is 64.1 cm³/mol. The van der Waals surface area contributed by atoms with Crippen LogP contribution < -0.4 is 0 Å². The summed E-state index contributed by atoms with van der Waals surface area (Å²) in [6.07, 6.45) is 10.1. The van der Waals surface area contributed by atoms with Crippen LogP contribution in [0.15, 0.2) is 0 Å². The van der Waals surface area contributed by atoms with Gasteiger partial charge in [-0.25, -0.2) is 0 Å². The molecule has 0 saturated carbocycles. The number of hydrogen-bond donors (Lipinski definition) is 1. The maximum atomic E-state index is 10.3. The summed E-state index contributed by atoms with van der Waals surface area (Å²) >= 11 is 0. The lowest BCUT2D eigenvalue weighted by Crippen LogP contribution is -1.93. The molecule has 90 valence electrons. The Morgan fingerprint density at radius 2 is 1.53 bits per heavy atom. The van der Waals surface area contributed by atoms with Gasteiger partial charge in [-0.1, -0.05) is 64.7 Å². The zero-order chi connectivity index (χ0) is 12.2. The van der Waals surface area contributed by atoms with Gasteiger partial charge in [-0.2, -0.15) is 0 Å². The van der Waals surface area contributed by atoms with Crippen LogP contribution in [0, 0.1) is 0 Å². The highest BCUT2D eigenvalue weighted by Crippen LogP contribution is 2.10. The zero-order valence-electron chi connectivity index (χ0n) is 11.0. The summed E-state index contributed by atoms with van der Waals surface area (Å²) in [5, 5.41) is 8.45. The van der Waals surface area contributed by atoms with Gasteiger partial charge in [0.15, 0.2) is 0 Å². The molecule has 2 nitrogen and oxygen atoms in total. The molecule has 0 aromatic heterocycles. The van der Waals surface area contributed by atoms with E-state index >= 15 is 0 Å². The molecule has 0 aromatic carbocycles. The number of unbranched alkanes of at least 4 members (excludes halogenated alkanes) is 5. The normalized spacial score (nSPS) is 13.5. The van der Waals surface area contributed by atoms with Crippen LogP contribution in [0.2, 0.25) is 0 Å². The fourth-order valence-corrected chi connectivity index (χ4v) is 1.59. The van der Waals surface area contributed by atoms with Crippen LogP contribution in [0.25, 0.3) is 0 Å². The van der Waals surface area contributed by atoms with Crippen LogP contribution in [0.1, 0.15) is 78.9 Å². The molecular weight excluding hydrogens is 188 g/mol. The van der Waals surface area contributed by atoms with E-state index in [-0.39, 0.29) is 6.40 Å². The second-order valence-corrected chi connectivity index (χ2v) is 4.13. The van der Waals surface area contributed by atoms with Crippen LogP contribution in [0.5, 0.6) is 0 Å². The molecule has 0 aliphatic heterocycles. The Balaban J connectivity index is 3.11. The Morgan fingerprint density at radius 3 is 2.13 bits per heavy atom. The molecule has 2 heteroatoms. The molecule has 1 atom stereocenters. The summed E-state index contributed by atoms with van der Waals surface area (Å²) in [6, 6.07) is 0. The van der Waals surface area contributed by atoms with Crippen molar-refractivity contribution < 1.29 is 11.3 Å². The molecule has 0 radical (unpaired) electrons. The van der Waals surface area contributed by atoms with Crippen molar-refractivity contribution >= 4 is 5.97 Å². The lowest BCUT2D eigenvalue weighted by Gasteiger charge is -2.01. The van der Waals surface area contributed by atoms with Crippen molar-refractivity contribution in [3.8, 4) is 0 Å². The maximum absolute atomic E-state index is 10.3. The molecule has 0 rings (SSSR count). The van der Waals surface area contributed by atoms with Gasteiger partial charge in [0, 0.05) is 7.79 Å². The van der Waals surface area contributed by atoms with Crippen molar-refractivity contribution in [3.63, 3.8) is 0 Å². The quantitative estimate of drug-likeness (QED) is 0.519. The van der Waals surface area contributed by atoms with Crippen LogP contribution in [0.3, 0.4) is 0 Å². The van der Waals surface area contributed by atoms with E-state index in [1.54, 1.807) is 0 Å². The molecule has 0 spiro atoms. The summed E-state index contributed by atoms with van der Waals surface area (Å²) in [5.41, 5.74) is 0. The molecule has 1 N–H and O–H groups in total. The lowest BCUT2D eigenvalue weighted by atomic mass is 10.1. The molecule has 0 fully saturated rings. The third-order valence-electron chi connectivity index (χ3n) is 2.56. The van der Waals surface area contributed by atoms with Crippen molar-refractivity contribution in [1.29, 1.82) is 0 Å². The number of hydrogen-bond acceptors (Lipinski definition) is 1. The SMILES string of the molecule is [2H][C@H](CCCC)CCCCCCCC(=O)O. The number of rotatable bonds is 11. The van der Waals surface area contributed by atoms with Gasteiger partial charge in [-0.3, -0.25) is 4.79 Å². The summed E-state index contributed by atoms with van der Waals surface area (Å²) in [6.45, 7) is 2.16. The van der Waals surface area contributed by atoms with Crippen LogP contribution in [-0.4, -0.2) is 11.1 Å². The van der Waals surface area contributed by atoms with Crippen molar-refractivity contribution in [1.82, 2.24) is 0 Å². The summed E-state index contributed by atoms with van der Waals surface area (Å²) in [7, 11) is 0. The first kappa shape index (κ1) is 12.5. The smallest absolute Gasteiger partial charge is 0.303 e. The molecule has 15 heavy (non-hydrogen) atoms. The largest absolute Gasteiger partial charge is 0.481 e. The number of aliphatic carboxylic acids is 1. The third-order valence-corrected chi connectivity index (χ3v) is 2.56. The first-order valence-corrected chi connectivity index (χ1v) is 6.30. The van der Waals surface area contributed by atoms with Crippen molar-refractivity contribution in [3.05, 3.63) is 0 Å². The average molecular weight is 215 g/mol. The molecule has 0 aromatic rings. The van der Waals surface area contributed by atoms with Gasteiger partial charge in [0.2, 0.25) is 0 Å². The first-order valence-electron chi connectivity index (χ1n) is 6.88. The fourth-order valence-electron chi connectivity index (χ4n) is 1.59. The number of carbonyl (C=O) groups is 1. The average Bonchev–Trinajstić information content (AvgIpc) is 2.24. The molecule has 0 saturated heterocycles. The minimum atomic E-state index is -0.689. The van der Waals surface area contributed by atoms with E-state index in [1.807, 2.05) is 0 Å². The van der Waals surface area contributed by atoms with Gasteiger partial charge in [0.25, 0.3) is 0 Å². The second kappa shape index (κ2) is 11.5. The fraction of sp³-hybridized carbons (Fsp3) is 0.923. The molecule has 0 aliphatic rings. The van der Waals surface area contributed by atoms with E-state index in [9.17, 15) is 4.79 Å². The minimum Gasteiger partial charge on any atom is -0.481 e. The van der Waals surface area contributed by atoms with E-state index < -0.39 is 5.97 Å². The summed E-state index contributed by atoms with van der Waals surface area (Å²) in [4.78, 5) is 10.3. The molecule has 0 heterocycles. The summed E-state index contributed by atoms with van der Waals surface area (Å²) < 4.78 is 7.77. The molecule has 0 bridgehead atoms. The Labute approximate surface area is 95.5 Å².